The Labute approximate surface area is 201 Å². The molecule has 33 heavy (non-hydrogen) atoms. The highest BCUT2D eigenvalue weighted by Gasteiger charge is 2.32. The maximum absolute atomic E-state index is 11.7. The molecule has 12 nitrogen and oxygen atoms in total. The minimum absolute atomic E-state index is 0.0200. The van der Waals surface area contributed by atoms with Crippen molar-refractivity contribution < 1.29 is 43.0 Å². The summed E-state index contributed by atoms with van der Waals surface area (Å²) in [6.07, 6.45) is 1.26. The van der Waals surface area contributed by atoms with Gasteiger partial charge in [-0.05, 0) is 12.8 Å². The Hall–Kier alpha value is -2.09. The Morgan fingerprint density at radius 2 is 1.24 bits per heavy atom. The summed E-state index contributed by atoms with van der Waals surface area (Å²) < 4.78 is 16.0. The van der Waals surface area contributed by atoms with E-state index < -0.39 is 17.8 Å². The molecule has 0 bridgehead atoms. The highest BCUT2D eigenvalue weighted by atomic mass is 79.9. The van der Waals surface area contributed by atoms with Crippen LogP contribution in [0.2, 0.25) is 0 Å². The molecule has 188 valence electrons. The first-order valence-corrected chi connectivity index (χ1v) is 12.0. The molecule has 0 atom stereocenters. The lowest BCUT2D eigenvalue weighted by Crippen LogP contribution is -2.32. The summed E-state index contributed by atoms with van der Waals surface area (Å²) in [4.78, 5) is 61.8. The van der Waals surface area contributed by atoms with Crippen molar-refractivity contribution in [2.75, 3.05) is 58.1 Å². The van der Waals surface area contributed by atoms with E-state index in [1.54, 1.807) is 0 Å². The molecule has 0 aromatic carbocycles. The molecule has 1 heterocycles. The summed E-state index contributed by atoms with van der Waals surface area (Å²) in [6.45, 7) is 3.23. The van der Waals surface area contributed by atoms with Gasteiger partial charge < -0.3 is 29.7 Å². The highest BCUT2D eigenvalue weighted by molar-refractivity contribution is 9.09. The van der Waals surface area contributed by atoms with Gasteiger partial charge in [0.1, 0.15) is 0 Å². The van der Waals surface area contributed by atoms with Crippen molar-refractivity contribution in [2.24, 2.45) is 0 Å². The quantitative estimate of drug-likeness (QED) is 0.130. The molecule has 4 amide bonds. The maximum Gasteiger partial charge on any atom is 0.333 e. The second-order valence-electron chi connectivity index (χ2n) is 6.92. The molecule has 1 aliphatic heterocycles. The molecule has 0 unspecified atom stereocenters. The molecular weight excluding hydrogens is 506 g/mol. The lowest BCUT2D eigenvalue weighted by molar-refractivity contribution is -0.197. The average Bonchev–Trinajstić information content (AvgIpc) is 3.11. The summed E-state index contributed by atoms with van der Waals surface area (Å²) in [5, 5.41) is 6.16. The molecule has 0 aliphatic carbocycles. The van der Waals surface area contributed by atoms with Crippen LogP contribution in [0.25, 0.3) is 0 Å². The molecule has 0 aromatic rings. The Morgan fingerprint density at radius 1 is 0.758 bits per heavy atom. The SMILES string of the molecule is O=C(CBr)NCCOCCOCCOCCNC(=O)CCCCC(=O)ON1C(=O)CCC1=O. The molecule has 0 spiro atoms. The van der Waals surface area contributed by atoms with E-state index in [2.05, 4.69) is 26.6 Å². The number of unbranched alkanes of at least 4 members (excludes halogenated alkanes) is 1. The van der Waals surface area contributed by atoms with Crippen molar-refractivity contribution in [1.82, 2.24) is 15.7 Å². The van der Waals surface area contributed by atoms with Gasteiger partial charge in [-0.2, -0.15) is 0 Å². The normalized spacial score (nSPS) is 13.3. The Kier molecular flexibility index (Phi) is 16.1. The first-order chi connectivity index (χ1) is 15.9. The molecule has 0 saturated carbocycles. The first kappa shape index (κ1) is 28.9. The van der Waals surface area contributed by atoms with Gasteiger partial charge in [-0.3, -0.25) is 19.2 Å². The number of hydroxylamine groups is 2. The molecule has 1 rings (SSSR count). The van der Waals surface area contributed by atoms with Gasteiger partial charge in [0.25, 0.3) is 11.8 Å². The number of carbonyl (C=O) groups is 5. The first-order valence-electron chi connectivity index (χ1n) is 10.8. The van der Waals surface area contributed by atoms with Crippen molar-refractivity contribution >= 4 is 45.5 Å². The predicted octanol–water partition coefficient (Wildman–Crippen LogP) is -0.169. The second-order valence-corrected chi connectivity index (χ2v) is 7.48. The van der Waals surface area contributed by atoms with Crippen molar-refractivity contribution in [2.45, 2.75) is 38.5 Å². The van der Waals surface area contributed by atoms with Gasteiger partial charge in [0, 0.05) is 38.8 Å². The summed E-state index contributed by atoms with van der Waals surface area (Å²) in [6, 6.07) is 0. The summed E-state index contributed by atoms with van der Waals surface area (Å²) in [5.41, 5.74) is 0. The summed E-state index contributed by atoms with van der Waals surface area (Å²) in [5.74, 6) is -1.94. The zero-order chi connectivity index (χ0) is 24.3. The number of amides is 4. The number of carbonyl (C=O) groups excluding carboxylic acids is 5. The van der Waals surface area contributed by atoms with E-state index >= 15 is 0 Å². The van der Waals surface area contributed by atoms with Crippen LogP contribution in [0, 0.1) is 0 Å². The van der Waals surface area contributed by atoms with E-state index in [9.17, 15) is 24.0 Å². The number of imide groups is 1. The van der Waals surface area contributed by atoms with Crippen molar-refractivity contribution in [3.63, 3.8) is 0 Å². The number of hydrogen-bond acceptors (Lipinski definition) is 9. The van der Waals surface area contributed by atoms with E-state index in [4.69, 9.17) is 19.0 Å². The van der Waals surface area contributed by atoms with Crippen LogP contribution < -0.4 is 10.6 Å². The standard InChI is InChI=1S/C20H32BrN3O9/c21-15-17(26)23-8-10-31-12-14-32-13-11-30-9-7-22-16(25)3-1-2-4-20(29)33-24-18(27)5-6-19(24)28/h1-15H2,(H,22,25)(H,23,26). The maximum atomic E-state index is 11.7. The van der Waals surface area contributed by atoms with Gasteiger partial charge in [0.15, 0.2) is 0 Å². The number of alkyl halides is 1. The van der Waals surface area contributed by atoms with E-state index in [0.717, 1.165) is 0 Å². The zero-order valence-electron chi connectivity index (χ0n) is 18.6. The Balaban J connectivity index is 1.84. The van der Waals surface area contributed by atoms with Crippen LogP contribution in [0.5, 0.6) is 0 Å². The van der Waals surface area contributed by atoms with Crippen LogP contribution >= 0.6 is 15.9 Å². The second kappa shape index (κ2) is 18.3. The summed E-state index contributed by atoms with van der Waals surface area (Å²) >= 11 is 3.05. The van der Waals surface area contributed by atoms with E-state index in [1.807, 2.05) is 0 Å². The molecule has 13 heteroatoms. The number of rotatable bonds is 19. The molecule has 2 N–H and O–H groups in total. The van der Waals surface area contributed by atoms with E-state index in [0.29, 0.717) is 70.6 Å². The van der Waals surface area contributed by atoms with E-state index in [-0.39, 0.29) is 42.8 Å². The Bertz CT molecular complexity index is 632. The smallest absolute Gasteiger partial charge is 0.333 e. The van der Waals surface area contributed by atoms with E-state index in [1.165, 1.54) is 0 Å². The average molecular weight is 538 g/mol. The molecule has 0 aromatic heterocycles. The van der Waals surface area contributed by atoms with Gasteiger partial charge in [-0.25, -0.2) is 4.79 Å². The fourth-order valence-electron chi connectivity index (χ4n) is 2.56. The van der Waals surface area contributed by atoms with Crippen LogP contribution in [-0.4, -0.2) is 92.7 Å². The van der Waals surface area contributed by atoms with Crippen LogP contribution in [0.3, 0.4) is 0 Å². The number of nitrogens with one attached hydrogen (secondary N) is 2. The minimum Gasteiger partial charge on any atom is -0.377 e. The molecule has 1 aliphatic rings. The largest absolute Gasteiger partial charge is 0.377 e. The molecular formula is C20H32BrN3O9. The zero-order valence-corrected chi connectivity index (χ0v) is 20.2. The molecule has 1 saturated heterocycles. The topological polar surface area (TPSA) is 150 Å². The van der Waals surface area contributed by atoms with Gasteiger partial charge in [-0.15, -0.1) is 5.06 Å². The van der Waals surface area contributed by atoms with Crippen molar-refractivity contribution in [1.29, 1.82) is 0 Å². The van der Waals surface area contributed by atoms with Gasteiger partial charge in [0.2, 0.25) is 11.8 Å². The van der Waals surface area contributed by atoms with Crippen LogP contribution in [0.1, 0.15) is 38.5 Å². The van der Waals surface area contributed by atoms with Crippen molar-refractivity contribution in [3.05, 3.63) is 0 Å². The number of nitrogens with zero attached hydrogens (tertiary/aromatic N) is 1. The molecule has 0 radical (unpaired) electrons. The fourth-order valence-corrected chi connectivity index (χ4v) is 2.76. The van der Waals surface area contributed by atoms with Gasteiger partial charge in [0.05, 0.1) is 45.0 Å². The minimum atomic E-state index is -0.667. The number of ether oxygens (including phenoxy) is 3. The summed E-state index contributed by atoms with van der Waals surface area (Å²) in [7, 11) is 0. The lowest BCUT2D eigenvalue weighted by atomic mass is 10.2. The number of hydrogen-bond donors (Lipinski definition) is 2. The van der Waals surface area contributed by atoms with Gasteiger partial charge in [-0.1, -0.05) is 15.9 Å². The lowest BCUT2D eigenvalue weighted by Gasteiger charge is -2.12. The molecule has 1 fully saturated rings. The third-order valence-corrected chi connectivity index (χ3v) is 4.75. The van der Waals surface area contributed by atoms with Crippen LogP contribution in [0.15, 0.2) is 0 Å². The highest BCUT2D eigenvalue weighted by Crippen LogP contribution is 2.13. The fraction of sp³-hybridized carbons (Fsp3) is 0.750. The van der Waals surface area contributed by atoms with Crippen LogP contribution in [-0.2, 0) is 43.0 Å². The monoisotopic (exact) mass is 537 g/mol. The number of halogens is 1. The van der Waals surface area contributed by atoms with Crippen molar-refractivity contribution in [3.8, 4) is 0 Å². The van der Waals surface area contributed by atoms with Crippen LogP contribution in [0.4, 0.5) is 0 Å². The third-order valence-electron chi connectivity index (χ3n) is 4.24. The third kappa shape index (κ3) is 14.6. The van der Waals surface area contributed by atoms with Gasteiger partial charge >= 0.3 is 5.97 Å². The Morgan fingerprint density at radius 3 is 1.79 bits per heavy atom. The predicted molar refractivity (Wildman–Crippen MR) is 118 cm³/mol.